The molecule has 0 saturated carbocycles. The molecule has 27 heavy (non-hydrogen) atoms. The van der Waals surface area contributed by atoms with Gasteiger partial charge in [-0.2, -0.15) is 26.3 Å². The molecule has 0 aliphatic heterocycles. The van der Waals surface area contributed by atoms with Gasteiger partial charge in [0.25, 0.3) is 0 Å². The van der Waals surface area contributed by atoms with Crippen LogP contribution in [0.3, 0.4) is 0 Å². The Morgan fingerprint density at radius 1 is 0.593 bits per heavy atom. The van der Waals surface area contributed by atoms with Gasteiger partial charge in [0.05, 0.1) is 9.81 Å². The summed E-state index contributed by atoms with van der Waals surface area (Å²) < 4.78 is 85.4. The molecular weight excluding hydrogens is 410 g/mol. The van der Waals surface area contributed by atoms with Crippen molar-refractivity contribution in [2.24, 2.45) is 0 Å². The van der Waals surface area contributed by atoms with Gasteiger partial charge < -0.3 is 11.5 Å². The van der Waals surface area contributed by atoms with E-state index in [1.54, 1.807) is 0 Å². The van der Waals surface area contributed by atoms with Crippen LogP contribution in [0.25, 0.3) is 0 Å². The third-order valence-electron chi connectivity index (χ3n) is 3.83. The van der Waals surface area contributed by atoms with Crippen LogP contribution in [0.4, 0.5) is 37.7 Å². The van der Waals surface area contributed by atoms with Gasteiger partial charge in [-0.1, -0.05) is 47.8 Å². The molecule has 0 heterocycles. The molecule has 2 nitrogen and oxygen atoms in total. The maximum Gasteiger partial charge on any atom is 0.381 e. The summed E-state index contributed by atoms with van der Waals surface area (Å²) in [5.74, 6) is -15.7. The van der Waals surface area contributed by atoms with E-state index in [0.29, 0.717) is 0 Å². The Bertz CT molecular complexity index is 842. The van der Waals surface area contributed by atoms with Gasteiger partial charge in [0.15, 0.2) is 0 Å². The van der Waals surface area contributed by atoms with Crippen molar-refractivity contribution in [2.45, 2.75) is 27.6 Å². The number of anilines is 2. The molecule has 4 N–H and O–H groups in total. The molecule has 0 atom stereocenters. The van der Waals surface area contributed by atoms with E-state index in [-0.39, 0.29) is 44.7 Å². The maximum absolute atomic E-state index is 14.4. The second kappa shape index (κ2) is 6.59. The number of allylic oxidation sites excluding steroid dienone is 2. The van der Waals surface area contributed by atoms with Crippen molar-refractivity contribution in [1.82, 2.24) is 0 Å². The standard InChI is InChI=1S/C17H12F6N2S2/c18-15(19)13(26-11-7-3-1-5-9(11)24)14(16(20,21)17(15,22)23)27-12-8-4-2-6-10(12)25/h1-8H,24-25H2. The Hall–Kier alpha value is -1.94. The van der Waals surface area contributed by atoms with E-state index in [4.69, 9.17) is 11.5 Å². The highest BCUT2D eigenvalue weighted by Gasteiger charge is 2.80. The highest BCUT2D eigenvalue weighted by molar-refractivity contribution is 8.07. The van der Waals surface area contributed by atoms with Crippen LogP contribution in [0, 0.1) is 0 Å². The number of halogens is 6. The van der Waals surface area contributed by atoms with Crippen molar-refractivity contribution < 1.29 is 26.3 Å². The molecule has 0 saturated heterocycles. The number of thioether (sulfide) groups is 2. The van der Waals surface area contributed by atoms with Gasteiger partial charge >= 0.3 is 17.8 Å². The van der Waals surface area contributed by atoms with Crippen LogP contribution >= 0.6 is 23.5 Å². The van der Waals surface area contributed by atoms with Gasteiger partial charge in [-0.25, -0.2) is 0 Å². The van der Waals surface area contributed by atoms with E-state index in [1.807, 2.05) is 0 Å². The fraction of sp³-hybridized carbons (Fsp3) is 0.176. The average molecular weight is 422 g/mol. The molecule has 0 bridgehead atoms. The Kier molecular flexibility index (Phi) is 4.84. The number of alkyl halides is 6. The van der Waals surface area contributed by atoms with Crippen LogP contribution in [0.5, 0.6) is 0 Å². The van der Waals surface area contributed by atoms with Gasteiger partial charge in [0.2, 0.25) is 0 Å². The maximum atomic E-state index is 14.4. The number of hydrogen-bond donors (Lipinski definition) is 2. The Morgan fingerprint density at radius 3 is 1.26 bits per heavy atom. The smallest absolute Gasteiger partial charge is 0.381 e. The first-order chi connectivity index (χ1) is 12.5. The van der Waals surface area contributed by atoms with Crippen LogP contribution in [-0.4, -0.2) is 17.8 Å². The monoisotopic (exact) mass is 422 g/mol. The van der Waals surface area contributed by atoms with Crippen molar-refractivity contribution in [3.63, 3.8) is 0 Å². The number of nitrogens with two attached hydrogens (primary N) is 2. The van der Waals surface area contributed by atoms with Crippen molar-refractivity contribution in [2.75, 3.05) is 11.5 Å². The number of para-hydroxylation sites is 2. The lowest BCUT2D eigenvalue weighted by atomic mass is 10.2. The first kappa shape index (κ1) is 19.8. The van der Waals surface area contributed by atoms with E-state index in [2.05, 4.69) is 0 Å². The Morgan fingerprint density at radius 2 is 0.926 bits per heavy atom. The molecule has 0 aromatic heterocycles. The molecule has 1 aliphatic rings. The highest BCUT2D eigenvalue weighted by Crippen LogP contribution is 2.66. The summed E-state index contributed by atoms with van der Waals surface area (Å²) >= 11 is 0.211. The number of benzene rings is 2. The molecule has 0 radical (unpaired) electrons. The summed E-state index contributed by atoms with van der Waals surface area (Å²) in [5, 5.41) is 0. The van der Waals surface area contributed by atoms with Crippen LogP contribution in [0.15, 0.2) is 68.1 Å². The van der Waals surface area contributed by atoms with Crippen molar-refractivity contribution in [3.8, 4) is 0 Å². The second-order valence-electron chi connectivity index (χ2n) is 5.66. The fourth-order valence-electron chi connectivity index (χ4n) is 2.36. The van der Waals surface area contributed by atoms with Crippen LogP contribution in [-0.2, 0) is 0 Å². The zero-order valence-corrected chi connectivity index (χ0v) is 15.0. The zero-order chi connectivity index (χ0) is 20.0. The van der Waals surface area contributed by atoms with Crippen molar-refractivity contribution >= 4 is 34.9 Å². The van der Waals surface area contributed by atoms with E-state index < -0.39 is 27.6 Å². The van der Waals surface area contributed by atoms with E-state index in [0.717, 1.165) is 0 Å². The fourth-order valence-corrected chi connectivity index (χ4v) is 4.66. The summed E-state index contributed by atoms with van der Waals surface area (Å²) in [4.78, 5) is -2.94. The Labute approximate surface area is 159 Å². The number of nitrogen functional groups attached to an aromatic ring is 2. The van der Waals surface area contributed by atoms with E-state index in [1.165, 1.54) is 48.5 Å². The minimum Gasteiger partial charge on any atom is -0.398 e. The third kappa shape index (κ3) is 3.04. The largest absolute Gasteiger partial charge is 0.398 e. The molecule has 0 fully saturated rings. The average Bonchev–Trinajstić information content (AvgIpc) is 2.68. The first-order valence-corrected chi connectivity index (χ1v) is 9.07. The summed E-state index contributed by atoms with van der Waals surface area (Å²) in [7, 11) is 0. The normalized spacial score (nSPS) is 20.1. The lowest BCUT2D eigenvalue weighted by Crippen LogP contribution is -2.48. The number of hydrogen-bond acceptors (Lipinski definition) is 4. The third-order valence-corrected chi connectivity index (χ3v) is 6.47. The van der Waals surface area contributed by atoms with Crippen LogP contribution < -0.4 is 11.5 Å². The lowest BCUT2D eigenvalue weighted by Gasteiger charge is -2.25. The van der Waals surface area contributed by atoms with Crippen LogP contribution in [0.1, 0.15) is 0 Å². The molecule has 3 rings (SSSR count). The van der Waals surface area contributed by atoms with Gasteiger partial charge in [-0.15, -0.1) is 0 Å². The molecule has 2 aromatic rings. The molecule has 2 aromatic carbocycles. The minimum absolute atomic E-state index is 0.00732. The molecule has 1 aliphatic carbocycles. The predicted octanol–water partition coefficient (Wildman–Crippen LogP) is 5.87. The zero-order valence-electron chi connectivity index (χ0n) is 13.4. The van der Waals surface area contributed by atoms with Gasteiger partial charge in [-0.3, -0.25) is 0 Å². The molecule has 10 heteroatoms. The lowest BCUT2D eigenvalue weighted by molar-refractivity contribution is -0.261. The first-order valence-electron chi connectivity index (χ1n) is 7.43. The summed E-state index contributed by atoms with van der Waals surface area (Å²) in [6.07, 6.45) is 0. The van der Waals surface area contributed by atoms with Crippen molar-refractivity contribution in [3.05, 3.63) is 58.3 Å². The summed E-state index contributed by atoms with van der Waals surface area (Å²) in [6, 6.07) is 11.2. The molecule has 0 amide bonds. The molecule has 0 spiro atoms. The predicted molar refractivity (Wildman–Crippen MR) is 95.3 cm³/mol. The highest BCUT2D eigenvalue weighted by atomic mass is 32.2. The molecule has 144 valence electrons. The molecular formula is C17H12F6N2S2. The van der Waals surface area contributed by atoms with Gasteiger partial charge in [0, 0.05) is 21.2 Å². The second-order valence-corrected chi connectivity index (χ2v) is 7.77. The topological polar surface area (TPSA) is 52.0 Å². The van der Waals surface area contributed by atoms with Gasteiger partial charge in [-0.05, 0) is 24.3 Å². The number of rotatable bonds is 4. The SMILES string of the molecule is Nc1ccccc1SC1=C(Sc2ccccc2N)C(F)(F)C(F)(F)C1(F)F. The van der Waals surface area contributed by atoms with Crippen LogP contribution in [0.2, 0.25) is 0 Å². The van der Waals surface area contributed by atoms with E-state index in [9.17, 15) is 26.3 Å². The summed E-state index contributed by atoms with van der Waals surface area (Å²) in [5.41, 5.74) is 11.3. The quantitative estimate of drug-likeness (QED) is 0.478. The molecule has 0 unspecified atom stereocenters. The minimum atomic E-state index is -5.59. The summed E-state index contributed by atoms with van der Waals surface area (Å²) in [6.45, 7) is 0. The van der Waals surface area contributed by atoms with E-state index >= 15 is 0 Å². The van der Waals surface area contributed by atoms with Crippen molar-refractivity contribution in [1.29, 1.82) is 0 Å². The Balaban J connectivity index is 2.16. The van der Waals surface area contributed by atoms with Gasteiger partial charge in [0.1, 0.15) is 0 Å².